The molecule has 14 heavy (non-hydrogen) atoms. The van der Waals surface area contributed by atoms with Crippen molar-refractivity contribution >= 4 is 11.8 Å². The second-order valence-electron chi connectivity index (χ2n) is 3.92. The molecule has 5 nitrogen and oxygen atoms in total. The maximum atomic E-state index is 11.4. The number of nitrogens with two attached hydrogens (primary N) is 1. The summed E-state index contributed by atoms with van der Waals surface area (Å²) in [5, 5.41) is 0. The van der Waals surface area contributed by atoms with E-state index in [4.69, 9.17) is 10.5 Å². The normalized spacial score (nSPS) is 18.6. The van der Waals surface area contributed by atoms with Crippen molar-refractivity contribution < 1.29 is 9.53 Å². The van der Waals surface area contributed by atoms with E-state index in [-0.39, 0.29) is 5.69 Å². The Balaban J connectivity index is 2.51. The molecule has 0 amide bonds. The Labute approximate surface area is 81.3 Å². The van der Waals surface area contributed by atoms with Crippen LogP contribution in [0.2, 0.25) is 0 Å². The monoisotopic (exact) mass is 193 g/mol. The highest BCUT2D eigenvalue weighted by Crippen LogP contribution is 2.25. The van der Waals surface area contributed by atoms with Gasteiger partial charge in [-0.3, -0.25) is 0 Å². The van der Waals surface area contributed by atoms with Crippen LogP contribution >= 0.6 is 0 Å². The summed E-state index contributed by atoms with van der Waals surface area (Å²) < 4.78 is 5.16. The lowest BCUT2D eigenvalue weighted by Gasteiger charge is -2.29. The van der Waals surface area contributed by atoms with E-state index in [2.05, 4.69) is 9.97 Å². The van der Waals surface area contributed by atoms with Crippen LogP contribution in [-0.4, -0.2) is 21.5 Å². The number of anilines is 1. The van der Waals surface area contributed by atoms with Gasteiger partial charge < -0.3 is 10.5 Å². The SMILES string of the molecule is CC1(C)Cc2nc(N)cnc2C(=O)O1. The van der Waals surface area contributed by atoms with Crippen LogP contribution in [0.3, 0.4) is 0 Å². The zero-order valence-corrected chi connectivity index (χ0v) is 8.07. The summed E-state index contributed by atoms with van der Waals surface area (Å²) in [6, 6.07) is 0. The summed E-state index contributed by atoms with van der Waals surface area (Å²) in [6.07, 6.45) is 1.91. The Morgan fingerprint density at radius 3 is 3.00 bits per heavy atom. The minimum atomic E-state index is -0.521. The molecule has 0 aliphatic carbocycles. The predicted octanol–water partition coefficient (Wildman–Crippen LogP) is 0.550. The van der Waals surface area contributed by atoms with Gasteiger partial charge in [-0.2, -0.15) is 0 Å². The first kappa shape index (κ1) is 8.93. The maximum Gasteiger partial charge on any atom is 0.359 e. The van der Waals surface area contributed by atoms with E-state index in [9.17, 15) is 4.79 Å². The highest BCUT2D eigenvalue weighted by atomic mass is 16.6. The number of hydrogen-bond acceptors (Lipinski definition) is 5. The molecule has 0 aromatic carbocycles. The van der Waals surface area contributed by atoms with E-state index in [0.717, 1.165) is 0 Å². The van der Waals surface area contributed by atoms with Gasteiger partial charge in [0.05, 0.1) is 11.9 Å². The zero-order valence-electron chi connectivity index (χ0n) is 8.07. The molecule has 0 unspecified atom stereocenters. The smallest absolute Gasteiger partial charge is 0.359 e. The highest BCUT2D eigenvalue weighted by molar-refractivity contribution is 5.89. The first-order valence-electron chi connectivity index (χ1n) is 4.33. The van der Waals surface area contributed by atoms with E-state index < -0.39 is 11.6 Å². The van der Waals surface area contributed by atoms with Crippen molar-refractivity contribution in [1.82, 2.24) is 9.97 Å². The van der Waals surface area contributed by atoms with Gasteiger partial charge in [0, 0.05) is 6.42 Å². The maximum absolute atomic E-state index is 11.4. The van der Waals surface area contributed by atoms with Crippen molar-refractivity contribution in [2.24, 2.45) is 0 Å². The van der Waals surface area contributed by atoms with E-state index in [1.54, 1.807) is 0 Å². The third-order valence-corrected chi connectivity index (χ3v) is 2.02. The average molecular weight is 193 g/mol. The zero-order chi connectivity index (χ0) is 10.3. The van der Waals surface area contributed by atoms with Gasteiger partial charge in [0.15, 0.2) is 5.69 Å². The Morgan fingerprint density at radius 2 is 2.29 bits per heavy atom. The summed E-state index contributed by atoms with van der Waals surface area (Å²) in [6.45, 7) is 3.66. The van der Waals surface area contributed by atoms with Crippen LogP contribution in [0.4, 0.5) is 5.82 Å². The molecule has 0 spiro atoms. The molecule has 2 rings (SSSR count). The number of rotatable bonds is 0. The highest BCUT2D eigenvalue weighted by Gasteiger charge is 2.34. The lowest BCUT2D eigenvalue weighted by molar-refractivity contribution is -0.00810. The number of hydrogen-bond donors (Lipinski definition) is 1. The number of ether oxygens (including phenoxy) is 1. The fraction of sp³-hybridized carbons (Fsp3) is 0.444. The van der Waals surface area contributed by atoms with Gasteiger partial charge in [-0.25, -0.2) is 14.8 Å². The minimum absolute atomic E-state index is 0.276. The third-order valence-electron chi connectivity index (χ3n) is 2.02. The van der Waals surface area contributed by atoms with Crippen molar-refractivity contribution in [3.63, 3.8) is 0 Å². The molecule has 74 valence electrons. The molecular weight excluding hydrogens is 182 g/mol. The Bertz CT molecular complexity index is 401. The molecule has 0 saturated heterocycles. The summed E-state index contributed by atoms with van der Waals surface area (Å²) in [7, 11) is 0. The fourth-order valence-electron chi connectivity index (χ4n) is 1.48. The van der Waals surface area contributed by atoms with Crippen molar-refractivity contribution in [2.75, 3.05) is 5.73 Å². The average Bonchev–Trinajstić information content (AvgIpc) is 2.00. The van der Waals surface area contributed by atoms with E-state index in [1.165, 1.54) is 6.20 Å². The van der Waals surface area contributed by atoms with Gasteiger partial charge in [-0.05, 0) is 13.8 Å². The number of fused-ring (bicyclic) bond motifs is 1. The standard InChI is InChI=1S/C9H11N3O2/c1-9(2)3-5-7(8(13)14-9)11-4-6(10)12-5/h4H,3H2,1-2H3,(H2,10,12). The van der Waals surface area contributed by atoms with E-state index in [1.807, 2.05) is 13.8 Å². The van der Waals surface area contributed by atoms with Gasteiger partial charge in [-0.15, -0.1) is 0 Å². The van der Waals surface area contributed by atoms with Crippen molar-refractivity contribution in [3.8, 4) is 0 Å². The largest absolute Gasteiger partial charge is 0.454 e. The van der Waals surface area contributed by atoms with Gasteiger partial charge >= 0.3 is 5.97 Å². The summed E-state index contributed by atoms with van der Waals surface area (Å²) in [5.74, 6) is -0.0991. The molecule has 2 N–H and O–H groups in total. The van der Waals surface area contributed by atoms with Crippen molar-refractivity contribution in [3.05, 3.63) is 17.6 Å². The number of cyclic esters (lactones) is 1. The van der Waals surface area contributed by atoms with Gasteiger partial charge in [0.25, 0.3) is 0 Å². The molecular formula is C9H11N3O2. The van der Waals surface area contributed by atoms with Crippen LogP contribution in [0.1, 0.15) is 30.0 Å². The fourth-order valence-corrected chi connectivity index (χ4v) is 1.48. The molecule has 1 aromatic heterocycles. The Kier molecular flexibility index (Phi) is 1.70. The van der Waals surface area contributed by atoms with Crippen LogP contribution in [0, 0.1) is 0 Å². The molecule has 0 radical (unpaired) electrons. The quantitative estimate of drug-likeness (QED) is 0.609. The molecule has 0 saturated carbocycles. The first-order valence-corrected chi connectivity index (χ1v) is 4.33. The van der Waals surface area contributed by atoms with Crippen LogP contribution < -0.4 is 5.73 Å². The summed E-state index contributed by atoms with van der Waals surface area (Å²) in [5.41, 5.74) is 5.86. The lowest BCUT2D eigenvalue weighted by atomic mass is 9.98. The molecule has 2 heterocycles. The van der Waals surface area contributed by atoms with Crippen molar-refractivity contribution in [2.45, 2.75) is 25.9 Å². The van der Waals surface area contributed by atoms with Gasteiger partial charge in [0.1, 0.15) is 11.4 Å². The number of nitrogens with zero attached hydrogens (tertiary/aromatic N) is 2. The third kappa shape index (κ3) is 1.41. The van der Waals surface area contributed by atoms with Gasteiger partial charge in [0.2, 0.25) is 0 Å². The van der Waals surface area contributed by atoms with Gasteiger partial charge in [-0.1, -0.05) is 0 Å². The molecule has 0 fully saturated rings. The Morgan fingerprint density at radius 1 is 1.57 bits per heavy atom. The Hall–Kier alpha value is -1.65. The summed E-state index contributed by atoms with van der Waals surface area (Å²) >= 11 is 0. The number of carbonyl (C=O) groups is 1. The first-order chi connectivity index (χ1) is 6.48. The van der Waals surface area contributed by atoms with E-state index >= 15 is 0 Å². The summed E-state index contributed by atoms with van der Waals surface area (Å²) in [4.78, 5) is 19.4. The van der Waals surface area contributed by atoms with Crippen LogP contribution in [0.5, 0.6) is 0 Å². The molecule has 5 heteroatoms. The minimum Gasteiger partial charge on any atom is -0.454 e. The second-order valence-corrected chi connectivity index (χ2v) is 3.92. The molecule has 0 atom stereocenters. The number of esters is 1. The topological polar surface area (TPSA) is 78.1 Å². The van der Waals surface area contributed by atoms with Crippen LogP contribution in [0.15, 0.2) is 6.20 Å². The number of aromatic nitrogens is 2. The molecule has 1 aliphatic heterocycles. The molecule has 1 aliphatic rings. The number of nitrogen functional groups attached to an aromatic ring is 1. The van der Waals surface area contributed by atoms with E-state index in [0.29, 0.717) is 17.9 Å². The lowest BCUT2D eigenvalue weighted by Crippen LogP contribution is -2.37. The molecule has 0 bridgehead atoms. The van der Waals surface area contributed by atoms with Crippen molar-refractivity contribution in [1.29, 1.82) is 0 Å². The number of carbonyl (C=O) groups excluding carboxylic acids is 1. The molecule has 1 aromatic rings. The van der Waals surface area contributed by atoms with Crippen LogP contribution in [-0.2, 0) is 11.2 Å². The van der Waals surface area contributed by atoms with Crippen LogP contribution in [0.25, 0.3) is 0 Å². The predicted molar refractivity (Wildman–Crippen MR) is 49.6 cm³/mol. The second kappa shape index (κ2) is 2.67.